The molecule has 3 nitrogen and oxygen atoms in total. The summed E-state index contributed by atoms with van der Waals surface area (Å²) in [7, 11) is -0.145. The van der Waals surface area contributed by atoms with Gasteiger partial charge in [0.05, 0.1) is 21.1 Å². The van der Waals surface area contributed by atoms with Crippen LogP contribution in [0.1, 0.15) is 40.5 Å². The maximum absolute atomic E-state index is 6.03. The summed E-state index contributed by atoms with van der Waals surface area (Å²) < 4.78 is 18.0. The molecule has 0 spiro atoms. The number of rotatable bonds is 2. The van der Waals surface area contributed by atoms with Gasteiger partial charge >= 0.3 is 7.12 Å². The van der Waals surface area contributed by atoms with Gasteiger partial charge < -0.3 is 14.0 Å². The summed E-state index contributed by atoms with van der Waals surface area (Å²) in [6, 6.07) is 0. The lowest BCUT2D eigenvalue weighted by Crippen LogP contribution is -2.41. The molecule has 0 radical (unpaired) electrons. The van der Waals surface area contributed by atoms with Crippen LogP contribution in [0, 0.1) is 0 Å². The topological polar surface area (TPSA) is 27.7 Å². The van der Waals surface area contributed by atoms with E-state index in [4.69, 9.17) is 14.0 Å². The summed E-state index contributed by atoms with van der Waals surface area (Å²) in [6.07, 6.45) is 2.57. The maximum atomic E-state index is 6.03. The first-order chi connectivity index (χ1) is 7.33. The quantitative estimate of drug-likeness (QED) is 0.440. The molecule has 0 amide bonds. The number of ether oxygens (including phenoxy) is 1. The lowest BCUT2D eigenvalue weighted by atomic mass is 9.81. The van der Waals surface area contributed by atoms with Crippen LogP contribution in [0.25, 0.3) is 0 Å². The minimum absolute atomic E-state index is 0.145. The van der Waals surface area contributed by atoms with Crippen LogP contribution in [0.2, 0.25) is 0 Å². The van der Waals surface area contributed by atoms with Gasteiger partial charge in [-0.05, 0) is 40.5 Å². The minimum Gasteiger partial charge on any atom is -0.402 e. The fourth-order valence-electron chi connectivity index (χ4n) is 2.05. The van der Waals surface area contributed by atoms with E-state index in [9.17, 15) is 0 Å². The zero-order chi connectivity index (χ0) is 12.0. The first-order valence-corrected chi connectivity index (χ1v) is 7.19. The summed E-state index contributed by atoms with van der Waals surface area (Å²) in [5, 5.41) is 0. The third-order valence-corrected chi connectivity index (χ3v) is 5.24. The van der Waals surface area contributed by atoms with E-state index in [0.29, 0.717) is 0 Å². The first kappa shape index (κ1) is 13.1. The molecule has 0 unspecified atom stereocenters. The van der Waals surface area contributed by atoms with E-state index >= 15 is 0 Å². The van der Waals surface area contributed by atoms with Crippen molar-refractivity contribution in [2.75, 3.05) is 6.61 Å². The highest BCUT2D eigenvalue weighted by molar-refractivity contribution is 14.1. The summed E-state index contributed by atoms with van der Waals surface area (Å²) in [5.41, 5.74) is -0.473. The Hall–Kier alpha value is 0.675. The molecule has 16 heavy (non-hydrogen) atoms. The van der Waals surface area contributed by atoms with E-state index in [2.05, 4.69) is 50.3 Å². The van der Waals surface area contributed by atoms with E-state index in [-0.39, 0.29) is 28.2 Å². The van der Waals surface area contributed by atoms with Crippen LogP contribution in [-0.2, 0) is 14.0 Å². The van der Waals surface area contributed by atoms with Gasteiger partial charge in [-0.25, -0.2) is 0 Å². The average Bonchev–Trinajstić information content (AvgIpc) is 2.72. The summed E-state index contributed by atoms with van der Waals surface area (Å²) >= 11 is 2.40. The molecule has 2 saturated heterocycles. The predicted molar refractivity (Wildman–Crippen MR) is 72.9 cm³/mol. The molecule has 2 fully saturated rings. The molecule has 0 aliphatic carbocycles. The van der Waals surface area contributed by atoms with Gasteiger partial charge in [0.2, 0.25) is 0 Å². The van der Waals surface area contributed by atoms with Crippen LogP contribution in [0.5, 0.6) is 0 Å². The summed E-state index contributed by atoms with van der Waals surface area (Å²) in [4.78, 5) is 0. The third-order valence-electron chi connectivity index (χ3n) is 3.85. The molecule has 5 heteroatoms. The molecule has 2 rings (SSSR count). The monoisotopic (exact) mass is 338 g/mol. The number of hydrogen-bond acceptors (Lipinski definition) is 3. The highest BCUT2D eigenvalue weighted by atomic mass is 127. The average molecular weight is 338 g/mol. The van der Waals surface area contributed by atoms with Crippen molar-refractivity contribution in [3.05, 3.63) is 0 Å². The molecule has 2 heterocycles. The molecular weight excluding hydrogens is 318 g/mol. The van der Waals surface area contributed by atoms with Crippen molar-refractivity contribution in [3.63, 3.8) is 0 Å². The molecule has 2 aliphatic rings. The van der Waals surface area contributed by atoms with Gasteiger partial charge in [0.25, 0.3) is 0 Å². The fraction of sp³-hybridized carbons (Fsp3) is 1.00. The van der Waals surface area contributed by atoms with Crippen LogP contribution in [-0.4, -0.2) is 34.9 Å². The molecule has 2 aliphatic heterocycles. The molecule has 0 aromatic rings. The lowest BCUT2D eigenvalue weighted by Gasteiger charge is -2.32. The smallest absolute Gasteiger partial charge is 0.402 e. The van der Waals surface area contributed by atoms with Crippen molar-refractivity contribution in [1.82, 2.24) is 0 Å². The summed E-state index contributed by atoms with van der Waals surface area (Å²) in [6.45, 7) is 9.24. The second-order valence-electron chi connectivity index (χ2n) is 5.62. The van der Waals surface area contributed by atoms with E-state index in [1.165, 1.54) is 0 Å². The maximum Gasteiger partial charge on any atom is 0.474 e. The van der Waals surface area contributed by atoms with Crippen molar-refractivity contribution in [2.24, 2.45) is 0 Å². The zero-order valence-electron chi connectivity index (χ0n) is 10.5. The number of hydrogen-bond donors (Lipinski definition) is 0. The van der Waals surface area contributed by atoms with Crippen LogP contribution in [0.4, 0.5) is 0 Å². The Kier molecular flexibility index (Phi) is 3.61. The van der Waals surface area contributed by atoms with Crippen molar-refractivity contribution >= 4 is 29.7 Å². The van der Waals surface area contributed by atoms with E-state index in [1.807, 2.05) is 0 Å². The van der Waals surface area contributed by atoms with Crippen molar-refractivity contribution in [3.8, 4) is 0 Å². The largest absolute Gasteiger partial charge is 0.474 e. The minimum atomic E-state index is -0.236. The molecule has 0 saturated carbocycles. The Labute approximate surface area is 112 Å². The Morgan fingerprint density at radius 3 is 2.19 bits per heavy atom. The van der Waals surface area contributed by atoms with Gasteiger partial charge in [-0.3, -0.25) is 0 Å². The number of alkyl halides is 1. The zero-order valence-corrected chi connectivity index (χ0v) is 12.6. The molecule has 92 valence electrons. The van der Waals surface area contributed by atoms with Crippen LogP contribution < -0.4 is 0 Å². The Balaban J connectivity index is 2.02. The molecular formula is C11H20BIO3. The Bertz CT molecular complexity index is 248. The standard InChI is InChI=1S/C11H20BIO3/c1-10(2)11(3,4)16-12(15-10)9(13)8-6-5-7-14-8/h8-9H,5-7H2,1-4H3/t8-,9+/m0/s1. The third kappa shape index (κ3) is 2.28. The fourth-order valence-corrected chi connectivity index (χ4v) is 2.91. The Morgan fingerprint density at radius 2 is 1.75 bits per heavy atom. The van der Waals surface area contributed by atoms with Crippen LogP contribution in [0.3, 0.4) is 0 Å². The van der Waals surface area contributed by atoms with Gasteiger partial charge in [0.15, 0.2) is 0 Å². The van der Waals surface area contributed by atoms with Crippen LogP contribution in [0.15, 0.2) is 0 Å². The van der Waals surface area contributed by atoms with E-state index in [0.717, 1.165) is 19.4 Å². The van der Waals surface area contributed by atoms with Gasteiger partial charge in [0.1, 0.15) is 0 Å². The van der Waals surface area contributed by atoms with Gasteiger partial charge in [-0.1, -0.05) is 22.6 Å². The molecule has 2 atom stereocenters. The van der Waals surface area contributed by atoms with Crippen molar-refractivity contribution < 1.29 is 14.0 Å². The predicted octanol–water partition coefficient (Wildman–Crippen LogP) is 2.60. The second-order valence-corrected chi connectivity index (χ2v) is 7.06. The highest BCUT2D eigenvalue weighted by Gasteiger charge is 2.54. The van der Waals surface area contributed by atoms with Crippen molar-refractivity contribution in [2.45, 2.75) is 61.7 Å². The molecule has 0 bridgehead atoms. The van der Waals surface area contributed by atoms with Crippen molar-refractivity contribution in [1.29, 1.82) is 0 Å². The first-order valence-electron chi connectivity index (χ1n) is 5.95. The highest BCUT2D eigenvalue weighted by Crippen LogP contribution is 2.40. The van der Waals surface area contributed by atoms with Gasteiger partial charge in [-0.2, -0.15) is 0 Å². The molecule has 0 aromatic heterocycles. The van der Waals surface area contributed by atoms with E-state index in [1.54, 1.807) is 0 Å². The van der Waals surface area contributed by atoms with E-state index < -0.39 is 0 Å². The lowest BCUT2D eigenvalue weighted by molar-refractivity contribution is 0.00578. The molecule has 0 N–H and O–H groups in total. The Morgan fingerprint density at radius 1 is 1.19 bits per heavy atom. The van der Waals surface area contributed by atoms with Crippen LogP contribution >= 0.6 is 22.6 Å². The number of halogens is 1. The van der Waals surface area contributed by atoms with Gasteiger partial charge in [0, 0.05) is 6.61 Å². The normalized spacial score (nSPS) is 34.3. The second kappa shape index (κ2) is 4.41. The molecule has 0 aromatic carbocycles. The SMILES string of the molecule is CC1(C)OB([C@H](I)[C@@H]2CCCO2)OC1(C)C. The summed E-state index contributed by atoms with van der Waals surface area (Å²) in [5.74, 6) is 0. The van der Waals surface area contributed by atoms with Gasteiger partial charge in [-0.15, -0.1) is 0 Å².